The van der Waals surface area contributed by atoms with Crippen LogP contribution >= 0.6 is 0 Å². The summed E-state index contributed by atoms with van der Waals surface area (Å²) < 4.78 is 6.58. The molecule has 0 bridgehead atoms. The summed E-state index contributed by atoms with van der Waals surface area (Å²) in [6.45, 7) is 4.36. The first-order chi connectivity index (χ1) is 11.8. The molecule has 2 heteroatoms. The van der Waals surface area contributed by atoms with Gasteiger partial charge in [-0.15, -0.1) is 0 Å². The van der Waals surface area contributed by atoms with E-state index in [1.807, 2.05) is 13.1 Å². The van der Waals surface area contributed by atoms with Crippen molar-refractivity contribution in [1.29, 1.82) is 0 Å². The quantitative estimate of drug-likeness (QED) is 0.609. The predicted octanol–water partition coefficient (Wildman–Crippen LogP) is 6.32. The molecule has 2 aliphatic rings. The van der Waals surface area contributed by atoms with E-state index < -0.39 is 0 Å². The Labute approximate surface area is 148 Å². The summed E-state index contributed by atoms with van der Waals surface area (Å²) in [5, 5.41) is 0. The van der Waals surface area contributed by atoms with E-state index >= 15 is 0 Å². The molecule has 1 unspecified atom stereocenters. The molecule has 1 heterocycles. The van der Waals surface area contributed by atoms with Crippen LogP contribution in [0.3, 0.4) is 0 Å². The second kappa shape index (κ2) is 8.87. The fourth-order valence-corrected chi connectivity index (χ4v) is 4.93. The van der Waals surface area contributed by atoms with E-state index in [0.717, 1.165) is 29.2 Å². The first-order valence-electron chi connectivity index (χ1n) is 10.4. The largest absolute Gasteiger partial charge is 0.488 e. The van der Waals surface area contributed by atoms with Gasteiger partial charge >= 0.3 is 0 Å². The van der Waals surface area contributed by atoms with Crippen LogP contribution in [0.5, 0.6) is 5.75 Å². The zero-order chi connectivity index (χ0) is 16.8. The number of nitrogens with zero attached hydrogens (tertiary/aromatic N) is 1. The Hall–Kier alpha value is -1.05. The number of hydrogen-bond donors (Lipinski definition) is 0. The van der Waals surface area contributed by atoms with Gasteiger partial charge in [-0.2, -0.15) is 0 Å². The van der Waals surface area contributed by atoms with Gasteiger partial charge in [0.15, 0.2) is 0 Å². The van der Waals surface area contributed by atoms with Gasteiger partial charge in [0.05, 0.1) is 6.20 Å². The molecule has 1 aromatic rings. The van der Waals surface area contributed by atoms with Crippen molar-refractivity contribution in [2.75, 3.05) is 0 Å². The van der Waals surface area contributed by atoms with E-state index in [1.54, 1.807) is 0 Å². The van der Waals surface area contributed by atoms with Crippen LogP contribution in [0.1, 0.15) is 83.2 Å². The van der Waals surface area contributed by atoms with Crippen molar-refractivity contribution in [3.05, 3.63) is 24.0 Å². The molecule has 0 N–H and O–H groups in total. The lowest BCUT2D eigenvalue weighted by Gasteiger charge is -2.39. The predicted molar refractivity (Wildman–Crippen MR) is 100 cm³/mol. The SMILES string of the molecule is CCCC1CCC(C(Oc2ccc(C)nc2)C2CCCCC2)CC1. The van der Waals surface area contributed by atoms with Crippen molar-refractivity contribution in [3.8, 4) is 5.75 Å². The van der Waals surface area contributed by atoms with Crippen LogP contribution in [-0.4, -0.2) is 11.1 Å². The maximum Gasteiger partial charge on any atom is 0.138 e. The van der Waals surface area contributed by atoms with Gasteiger partial charge in [-0.05, 0) is 62.5 Å². The molecule has 2 nitrogen and oxygen atoms in total. The number of aryl methyl sites for hydroxylation is 1. The maximum absolute atomic E-state index is 6.58. The molecular weight excluding hydrogens is 294 g/mol. The molecular formula is C22H35NO. The van der Waals surface area contributed by atoms with Crippen LogP contribution in [0.2, 0.25) is 0 Å². The molecule has 0 amide bonds. The summed E-state index contributed by atoms with van der Waals surface area (Å²) in [7, 11) is 0. The maximum atomic E-state index is 6.58. The summed E-state index contributed by atoms with van der Waals surface area (Å²) in [5.41, 5.74) is 1.07. The highest BCUT2D eigenvalue weighted by Gasteiger charge is 2.34. The molecule has 24 heavy (non-hydrogen) atoms. The Morgan fingerprint density at radius 1 is 1.00 bits per heavy atom. The molecule has 0 radical (unpaired) electrons. The van der Waals surface area contributed by atoms with Gasteiger partial charge in [-0.3, -0.25) is 4.98 Å². The van der Waals surface area contributed by atoms with Crippen molar-refractivity contribution in [2.45, 2.75) is 90.6 Å². The number of hydrogen-bond acceptors (Lipinski definition) is 2. The van der Waals surface area contributed by atoms with Gasteiger partial charge in [0.25, 0.3) is 0 Å². The fourth-order valence-electron chi connectivity index (χ4n) is 4.93. The van der Waals surface area contributed by atoms with E-state index in [0.29, 0.717) is 6.10 Å². The van der Waals surface area contributed by atoms with Crippen LogP contribution in [0.4, 0.5) is 0 Å². The second-order valence-corrected chi connectivity index (χ2v) is 8.19. The average molecular weight is 330 g/mol. The number of ether oxygens (including phenoxy) is 1. The molecule has 2 fully saturated rings. The van der Waals surface area contributed by atoms with E-state index in [2.05, 4.69) is 24.0 Å². The lowest BCUT2D eigenvalue weighted by molar-refractivity contribution is 0.0308. The van der Waals surface area contributed by atoms with Gasteiger partial charge in [0.1, 0.15) is 11.9 Å². The van der Waals surface area contributed by atoms with Crippen molar-refractivity contribution in [1.82, 2.24) is 4.98 Å². The van der Waals surface area contributed by atoms with Gasteiger partial charge in [-0.25, -0.2) is 0 Å². The summed E-state index contributed by atoms with van der Waals surface area (Å²) in [6, 6.07) is 4.19. The van der Waals surface area contributed by atoms with Crippen molar-refractivity contribution < 1.29 is 4.74 Å². The topological polar surface area (TPSA) is 22.1 Å². The third kappa shape index (κ3) is 4.74. The first kappa shape index (κ1) is 17.8. The third-order valence-corrected chi connectivity index (χ3v) is 6.32. The molecule has 2 saturated carbocycles. The molecule has 0 saturated heterocycles. The van der Waals surface area contributed by atoms with Crippen LogP contribution in [-0.2, 0) is 0 Å². The Morgan fingerprint density at radius 2 is 1.71 bits per heavy atom. The second-order valence-electron chi connectivity index (χ2n) is 8.19. The summed E-state index contributed by atoms with van der Waals surface area (Å²) in [6.07, 6.45) is 17.6. The molecule has 0 aliphatic heterocycles. The van der Waals surface area contributed by atoms with Crippen molar-refractivity contribution in [2.24, 2.45) is 17.8 Å². The Bertz CT molecular complexity index is 469. The molecule has 3 rings (SSSR count). The molecule has 1 atom stereocenters. The molecule has 1 aromatic heterocycles. The minimum atomic E-state index is 0.414. The lowest BCUT2D eigenvalue weighted by Crippen LogP contribution is -2.38. The molecule has 0 spiro atoms. The third-order valence-electron chi connectivity index (χ3n) is 6.32. The van der Waals surface area contributed by atoms with E-state index in [1.165, 1.54) is 70.6 Å². The van der Waals surface area contributed by atoms with Crippen molar-refractivity contribution >= 4 is 0 Å². The molecule has 134 valence electrons. The lowest BCUT2D eigenvalue weighted by atomic mass is 9.72. The van der Waals surface area contributed by atoms with Gasteiger partial charge < -0.3 is 4.74 Å². The van der Waals surface area contributed by atoms with Crippen LogP contribution in [0, 0.1) is 24.7 Å². The highest BCUT2D eigenvalue weighted by atomic mass is 16.5. The number of rotatable bonds is 6. The minimum absolute atomic E-state index is 0.414. The average Bonchev–Trinajstić information content (AvgIpc) is 2.63. The van der Waals surface area contributed by atoms with E-state index in [4.69, 9.17) is 4.74 Å². The van der Waals surface area contributed by atoms with Gasteiger partial charge in [-0.1, -0.05) is 51.9 Å². The monoisotopic (exact) mass is 329 g/mol. The fraction of sp³-hybridized carbons (Fsp3) is 0.773. The highest BCUT2D eigenvalue weighted by molar-refractivity contribution is 5.19. The zero-order valence-corrected chi connectivity index (χ0v) is 15.7. The standard InChI is InChI=1S/C22H35NO/c1-3-7-18-11-13-20(14-12-18)22(19-8-5-4-6-9-19)24-21-15-10-17(2)23-16-21/h10,15-16,18-20,22H,3-9,11-14H2,1-2H3. The minimum Gasteiger partial charge on any atom is -0.488 e. The smallest absolute Gasteiger partial charge is 0.138 e. The first-order valence-corrected chi connectivity index (χ1v) is 10.4. The van der Waals surface area contributed by atoms with Crippen LogP contribution in [0.25, 0.3) is 0 Å². The van der Waals surface area contributed by atoms with E-state index in [-0.39, 0.29) is 0 Å². The summed E-state index contributed by atoms with van der Waals surface area (Å²) >= 11 is 0. The normalized spacial score (nSPS) is 26.9. The van der Waals surface area contributed by atoms with Gasteiger partial charge in [0.2, 0.25) is 0 Å². The highest BCUT2D eigenvalue weighted by Crippen LogP contribution is 2.40. The molecule has 2 aliphatic carbocycles. The Morgan fingerprint density at radius 3 is 2.33 bits per heavy atom. The summed E-state index contributed by atoms with van der Waals surface area (Å²) in [5.74, 6) is 3.46. The van der Waals surface area contributed by atoms with Crippen LogP contribution < -0.4 is 4.74 Å². The van der Waals surface area contributed by atoms with E-state index in [9.17, 15) is 0 Å². The molecule has 0 aromatic carbocycles. The summed E-state index contributed by atoms with van der Waals surface area (Å²) in [4.78, 5) is 4.43. The number of aromatic nitrogens is 1. The number of pyridine rings is 1. The van der Waals surface area contributed by atoms with Crippen LogP contribution in [0.15, 0.2) is 18.3 Å². The van der Waals surface area contributed by atoms with Gasteiger partial charge in [0, 0.05) is 5.69 Å². The Kier molecular flexibility index (Phi) is 6.57. The Balaban J connectivity index is 1.66. The zero-order valence-electron chi connectivity index (χ0n) is 15.7. The van der Waals surface area contributed by atoms with Crippen molar-refractivity contribution in [3.63, 3.8) is 0 Å².